The van der Waals surface area contributed by atoms with Crippen molar-refractivity contribution in [1.82, 2.24) is 25.3 Å². The average molecular weight is 552 g/mol. The Kier molecular flexibility index (Phi) is 8.88. The number of ether oxygens (including phenoxy) is 1. The third-order valence-corrected chi connectivity index (χ3v) is 7.90. The van der Waals surface area contributed by atoms with Crippen molar-refractivity contribution >= 4 is 28.4 Å². The van der Waals surface area contributed by atoms with Crippen molar-refractivity contribution in [3.8, 4) is 0 Å². The zero-order valence-electron chi connectivity index (χ0n) is 23.0. The molecule has 2 atom stereocenters. The Labute approximate surface area is 233 Å². The molecule has 2 saturated heterocycles. The van der Waals surface area contributed by atoms with Crippen LogP contribution in [0.3, 0.4) is 0 Å². The Morgan fingerprint density at radius 1 is 1.20 bits per heavy atom. The third kappa shape index (κ3) is 6.57. The van der Waals surface area contributed by atoms with Crippen LogP contribution in [-0.2, 0) is 23.2 Å². The molecule has 5 rings (SSSR count). The van der Waals surface area contributed by atoms with E-state index in [1.165, 1.54) is 12.4 Å². The van der Waals surface area contributed by atoms with Gasteiger partial charge in [0, 0.05) is 74.9 Å². The fourth-order valence-corrected chi connectivity index (χ4v) is 5.47. The fraction of sp³-hybridized carbons (Fsp3) is 0.536. The fourth-order valence-electron chi connectivity index (χ4n) is 5.47. The maximum atomic E-state index is 12.5. The van der Waals surface area contributed by atoms with Crippen LogP contribution in [0.15, 0.2) is 36.8 Å². The molecule has 1 unspecified atom stereocenters. The quantitative estimate of drug-likeness (QED) is 0.302. The molecule has 2 aromatic heterocycles. The van der Waals surface area contributed by atoms with Crippen LogP contribution in [0.25, 0.3) is 10.9 Å². The van der Waals surface area contributed by atoms with Gasteiger partial charge in [0.15, 0.2) is 0 Å². The maximum Gasteiger partial charge on any atom is 0.277 e. The van der Waals surface area contributed by atoms with Gasteiger partial charge >= 0.3 is 0 Å². The summed E-state index contributed by atoms with van der Waals surface area (Å²) in [6.07, 6.45) is 9.71. The van der Waals surface area contributed by atoms with Crippen LogP contribution in [0.2, 0.25) is 0 Å². The summed E-state index contributed by atoms with van der Waals surface area (Å²) in [5.74, 6) is 0.763. The topological polar surface area (TPSA) is 137 Å². The molecule has 0 radical (unpaired) electrons. The van der Waals surface area contributed by atoms with Gasteiger partial charge in [-0.1, -0.05) is 0 Å². The molecule has 2 aliphatic heterocycles. The second-order valence-corrected chi connectivity index (χ2v) is 10.7. The standard InChI is InChI=1S/C28H37N7O5/c1-19-26(5-3-4-12-39-19)40-32-27(36)21-16-30-28(31-17-21)34-10-8-20(9-11-34)14-29-15-22-18-33(2)25-7-6-23(35(37)38)13-24(22)25/h6-7,13,16-20,26,29H,3-5,8-12,14-15H2,1-2H3,(H,32,36)/t19-,26?/m1/s1. The number of piperidine rings is 1. The number of aryl methyl sites for hydroxylation is 1. The lowest BCUT2D eigenvalue weighted by atomic mass is 9.97. The molecule has 1 amide bonds. The molecule has 12 heteroatoms. The molecule has 2 aliphatic rings. The number of anilines is 1. The largest absolute Gasteiger partial charge is 0.376 e. The van der Waals surface area contributed by atoms with Gasteiger partial charge in [0.2, 0.25) is 5.95 Å². The predicted octanol–water partition coefficient (Wildman–Crippen LogP) is 3.50. The summed E-state index contributed by atoms with van der Waals surface area (Å²) < 4.78 is 7.69. The maximum absolute atomic E-state index is 12.5. The minimum absolute atomic E-state index is 0.0678. The molecule has 12 nitrogen and oxygen atoms in total. The summed E-state index contributed by atoms with van der Waals surface area (Å²) in [4.78, 5) is 40.0. The molecular formula is C28H37N7O5. The molecule has 214 valence electrons. The van der Waals surface area contributed by atoms with Crippen LogP contribution in [0.5, 0.6) is 0 Å². The number of hydroxylamine groups is 1. The van der Waals surface area contributed by atoms with Crippen LogP contribution in [0.1, 0.15) is 54.9 Å². The summed E-state index contributed by atoms with van der Waals surface area (Å²) in [7, 11) is 1.95. The summed E-state index contributed by atoms with van der Waals surface area (Å²) in [6.45, 7) is 5.87. The zero-order chi connectivity index (χ0) is 28.1. The van der Waals surface area contributed by atoms with Crippen molar-refractivity contribution in [1.29, 1.82) is 0 Å². The number of benzene rings is 1. The molecule has 3 aromatic rings. The third-order valence-electron chi connectivity index (χ3n) is 7.90. The second-order valence-electron chi connectivity index (χ2n) is 10.7. The highest BCUT2D eigenvalue weighted by Crippen LogP contribution is 2.26. The van der Waals surface area contributed by atoms with Crippen molar-refractivity contribution in [2.75, 3.05) is 31.1 Å². The van der Waals surface area contributed by atoms with Gasteiger partial charge in [0.1, 0.15) is 6.10 Å². The first-order valence-electron chi connectivity index (χ1n) is 14.0. The van der Waals surface area contributed by atoms with Crippen LogP contribution >= 0.6 is 0 Å². The minimum atomic E-state index is -0.367. The van der Waals surface area contributed by atoms with E-state index < -0.39 is 0 Å². The summed E-state index contributed by atoms with van der Waals surface area (Å²) >= 11 is 0. The Balaban J connectivity index is 1.07. The Bertz CT molecular complexity index is 1320. The van der Waals surface area contributed by atoms with Crippen LogP contribution in [0, 0.1) is 16.0 Å². The molecule has 2 fully saturated rings. The summed E-state index contributed by atoms with van der Waals surface area (Å²) in [5.41, 5.74) is 5.03. The van der Waals surface area contributed by atoms with Gasteiger partial charge in [-0.2, -0.15) is 0 Å². The summed E-state index contributed by atoms with van der Waals surface area (Å²) in [5, 5.41) is 15.7. The van der Waals surface area contributed by atoms with Crippen molar-refractivity contribution in [2.24, 2.45) is 13.0 Å². The number of hydrogen-bond donors (Lipinski definition) is 2. The highest BCUT2D eigenvalue weighted by molar-refractivity contribution is 5.92. The number of amides is 1. The van der Waals surface area contributed by atoms with Crippen molar-refractivity contribution in [3.63, 3.8) is 0 Å². The number of fused-ring (bicyclic) bond motifs is 1. The van der Waals surface area contributed by atoms with Gasteiger partial charge in [-0.25, -0.2) is 15.4 Å². The van der Waals surface area contributed by atoms with Crippen LogP contribution in [0.4, 0.5) is 11.6 Å². The van der Waals surface area contributed by atoms with Gasteiger partial charge in [-0.05, 0) is 63.1 Å². The number of nitrogens with one attached hydrogen (secondary N) is 2. The number of non-ortho nitro benzene ring substituents is 1. The van der Waals surface area contributed by atoms with Gasteiger partial charge in [0.25, 0.3) is 11.6 Å². The lowest BCUT2D eigenvalue weighted by Crippen LogP contribution is -2.38. The Hall–Kier alpha value is -3.61. The molecule has 0 spiro atoms. The first-order chi connectivity index (χ1) is 19.4. The van der Waals surface area contributed by atoms with E-state index in [1.54, 1.807) is 18.2 Å². The highest BCUT2D eigenvalue weighted by atomic mass is 16.7. The Morgan fingerprint density at radius 3 is 2.73 bits per heavy atom. The number of aromatic nitrogens is 3. The molecule has 2 N–H and O–H groups in total. The smallest absolute Gasteiger partial charge is 0.277 e. The number of nitrogens with zero attached hydrogens (tertiary/aromatic N) is 5. The predicted molar refractivity (Wildman–Crippen MR) is 150 cm³/mol. The number of rotatable bonds is 9. The molecule has 40 heavy (non-hydrogen) atoms. The zero-order valence-corrected chi connectivity index (χ0v) is 23.0. The van der Waals surface area contributed by atoms with E-state index in [2.05, 4.69) is 25.7 Å². The molecule has 1 aromatic carbocycles. The van der Waals surface area contributed by atoms with E-state index >= 15 is 0 Å². The van der Waals surface area contributed by atoms with E-state index in [9.17, 15) is 14.9 Å². The van der Waals surface area contributed by atoms with E-state index in [-0.39, 0.29) is 28.7 Å². The SMILES string of the molecule is C[C@H]1OCCCCC1ONC(=O)c1cnc(N2CCC(CNCc3cn(C)c4ccc([N+](=O)[O-])cc34)CC2)nc1. The highest BCUT2D eigenvalue weighted by Gasteiger charge is 2.24. The molecule has 0 aliphatic carbocycles. The lowest BCUT2D eigenvalue weighted by Gasteiger charge is -2.32. The number of nitro benzene ring substituents is 1. The van der Waals surface area contributed by atoms with Crippen molar-refractivity contribution in [3.05, 3.63) is 58.0 Å². The van der Waals surface area contributed by atoms with Gasteiger partial charge < -0.3 is 19.5 Å². The van der Waals surface area contributed by atoms with Crippen LogP contribution in [-0.4, -0.2) is 63.8 Å². The average Bonchev–Trinajstić information content (AvgIpc) is 3.13. The monoisotopic (exact) mass is 551 g/mol. The normalized spacial score (nSPS) is 20.4. The first-order valence-corrected chi connectivity index (χ1v) is 14.0. The lowest BCUT2D eigenvalue weighted by molar-refractivity contribution is -0.384. The Morgan fingerprint density at radius 2 is 1.98 bits per heavy atom. The molecular weight excluding hydrogens is 514 g/mol. The van der Waals surface area contributed by atoms with E-state index in [0.717, 1.165) is 74.8 Å². The van der Waals surface area contributed by atoms with E-state index in [1.807, 2.05) is 24.7 Å². The second kappa shape index (κ2) is 12.7. The number of carbonyl (C=O) groups is 1. The van der Waals surface area contributed by atoms with Gasteiger partial charge in [-0.15, -0.1) is 0 Å². The molecule has 4 heterocycles. The first kappa shape index (κ1) is 27.9. The van der Waals surface area contributed by atoms with E-state index in [0.29, 0.717) is 24.0 Å². The van der Waals surface area contributed by atoms with E-state index in [4.69, 9.17) is 9.57 Å². The number of carbonyl (C=O) groups excluding carboxylic acids is 1. The molecule has 0 bridgehead atoms. The van der Waals surface area contributed by atoms with Crippen LogP contribution < -0.4 is 15.7 Å². The van der Waals surface area contributed by atoms with Gasteiger partial charge in [-0.3, -0.25) is 19.7 Å². The molecule has 0 saturated carbocycles. The summed E-state index contributed by atoms with van der Waals surface area (Å²) in [6, 6.07) is 5.00. The van der Waals surface area contributed by atoms with Crippen molar-refractivity contribution < 1.29 is 19.3 Å². The minimum Gasteiger partial charge on any atom is -0.376 e. The number of hydrogen-bond acceptors (Lipinski definition) is 9. The number of nitro groups is 1. The van der Waals surface area contributed by atoms with Gasteiger partial charge in [0.05, 0.1) is 16.6 Å². The van der Waals surface area contributed by atoms with Crippen molar-refractivity contribution in [2.45, 2.75) is 57.8 Å².